The summed E-state index contributed by atoms with van der Waals surface area (Å²) in [5.41, 5.74) is 0. The number of unbranched alkanes of at least 4 members (excludes halogenated alkanes) is 1. The predicted molar refractivity (Wildman–Crippen MR) is 77.6 cm³/mol. The van der Waals surface area contributed by atoms with Gasteiger partial charge in [-0.05, 0) is 26.0 Å². The number of rotatable bonds is 14. The van der Waals surface area contributed by atoms with E-state index in [0.717, 1.165) is 0 Å². The molecule has 0 atom stereocenters. The van der Waals surface area contributed by atoms with Crippen molar-refractivity contribution in [2.75, 3.05) is 32.7 Å². The van der Waals surface area contributed by atoms with Crippen molar-refractivity contribution < 1.29 is 39.8 Å². The summed E-state index contributed by atoms with van der Waals surface area (Å²) in [5, 5.41) is 34.7. The van der Waals surface area contributed by atoms with Gasteiger partial charge >= 0.3 is 17.9 Å². The smallest absolute Gasteiger partial charge is 0.317 e. The highest BCUT2D eigenvalue weighted by Gasteiger charge is 2.14. The van der Waals surface area contributed by atoms with Crippen LogP contribution in [0.25, 0.3) is 0 Å². The SMILES string of the molecule is C=C(OO)N(CCCCN(CC(=O)O)CC(=O)O)CCC(=O)O. The lowest BCUT2D eigenvalue weighted by atomic mass is 10.2. The zero-order valence-electron chi connectivity index (χ0n) is 12.7. The lowest BCUT2D eigenvalue weighted by Crippen LogP contribution is -2.35. The number of aliphatic carboxylic acids is 3. The van der Waals surface area contributed by atoms with Crippen molar-refractivity contribution in [1.82, 2.24) is 9.80 Å². The maximum Gasteiger partial charge on any atom is 0.317 e. The van der Waals surface area contributed by atoms with Crippen LogP contribution in [-0.2, 0) is 19.3 Å². The molecule has 4 N–H and O–H groups in total. The van der Waals surface area contributed by atoms with E-state index in [-0.39, 0.29) is 38.5 Å². The van der Waals surface area contributed by atoms with Crippen LogP contribution in [0.1, 0.15) is 19.3 Å². The summed E-state index contributed by atoms with van der Waals surface area (Å²) < 4.78 is 0. The van der Waals surface area contributed by atoms with E-state index in [4.69, 9.17) is 20.6 Å². The molecule has 0 heterocycles. The lowest BCUT2D eigenvalue weighted by molar-refractivity contribution is -0.224. The normalized spacial score (nSPS) is 10.3. The van der Waals surface area contributed by atoms with Crippen LogP contribution in [-0.4, -0.2) is 81.0 Å². The second-order valence-electron chi connectivity index (χ2n) is 4.82. The first-order valence-electron chi connectivity index (χ1n) is 6.89. The molecule has 10 heteroatoms. The molecule has 0 rings (SSSR count). The van der Waals surface area contributed by atoms with Gasteiger partial charge in [-0.2, -0.15) is 0 Å². The monoisotopic (exact) mass is 334 g/mol. The molecule has 23 heavy (non-hydrogen) atoms. The van der Waals surface area contributed by atoms with E-state index >= 15 is 0 Å². The van der Waals surface area contributed by atoms with Gasteiger partial charge in [-0.1, -0.05) is 0 Å². The highest BCUT2D eigenvalue weighted by Crippen LogP contribution is 2.07. The first kappa shape index (κ1) is 20.7. The summed E-state index contributed by atoms with van der Waals surface area (Å²) in [7, 11) is 0. The predicted octanol–water partition coefficient (Wildman–Crippen LogP) is -0.0247. The second-order valence-corrected chi connectivity index (χ2v) is 4.82. The van der Waals surface area contributed by atoms with Gasteiger partial charge in [0.1, 0.15) is 0 Å². The van der Waals surface area contributed by atoms with Crippen LogP contribution in [0.3, 0.4) is 0 Å². The minimum absolute atomic E-state index is 0.0841. The van der Waals surface area contributed by atoms with Gasteiger partial charge in [0, 0.05) is 13.1 Å². The van der Waals surface area contributed by atoms with E-state index < -0.39 is 17.9 Å². The summed E-state index contributed by atoms with van der Waals surface area (Å²) >= 11 is 0. The number of carboxylic acids is 3. The third kappa shape index (κ3) is 11.0. The Morgan fingerprint density at radius 3 is 1.83 bits per heavy atom. The molecule has 10 nitrogen and oxygen atoms in total. The summed E-state index contributed by atoms with van der Waals surface area (Å²) in [5.74, 6) is -3.32. The zero-order chi connectivity index (χ0) is 17.8. The van der Waals surface area contributed by atoms with Crippen LogP contribution < -0.4 is 0 Å². The summed E-state index contributed by atoms with van der Waals surface area (Å²) in [4.78, 5) is 38.6. The van der Waals surface area contributed by atoms with Crippen molar-refractivity contribution in [1.29, 1.82) is 0 Å². The largest absolute Gasteiger partial charge is 0.481 e. The van der Waals surface area contributed by atoms with Crippen LogP contribution in [0.4, 0.5) is 0 Å². The van der Waals surface area contributed by atoms with Gasteiger partial charge < -0.3 is 25.1 Å². The minimum atomic E-state index is -1.11. The Kier molecular flexibility index (Phi) is 10.1. The fraction of sp³-hybridized carbons (Fsp3) is 0.615. The van der Waals surface area contributed by atoms with E-state index in [1.54, 1.807) is 0 Å². The number of hydrogen-bond donors (Lipinski definition) is 4. The molecule has 0 saturated carbocycles. The zero-order valence-corrected chi connectivity index (χ0v) is 12.7. The molecule has 0 aliphatic heterocycles. The molecular formula is C13H22N2O8. The van der Waals surface area contributed by atoms with E-state index in [1.807, 2.05) is 0 Å². The molecular weight excluding hydrogens is 312 g/mol. The molecule has 132 valence electrons. The van der Waals surface area contributed by atoms with Gasteiger partial charge in [0.2, 0.25) is 5.88 Å². The number of nitrogens with zero attached hydrogens (tertiary/aromatic N) is 2. The van der Waals surface area contributed by atoms with Gasteiger partial charge in [0.05, 0.1) is 19.5 Å². The highest BCUT2D eigenvalue weighted by atomic mass is 17.1. The first-order valence-corrected chi connectivity index (χ1v) is 6.89. The molecule has 0 radical (unpaired) electrons. The third-order valence-corrected chi connectivity index (χ3v) is 2.92. The number of carbonyl (C=O) groups is 3. The number of carboxylic acid groups (broad SMARTS) is 3. The number of hydrogen-bond acceptors (Lipinski definition) is 7. The Morgan fingerprint density at radius 1 is 0.870 bits per heavy atom. The lowest BCUT2D eigenvalue weighted by Gasteiger charge is -2.24. The first-order chi connectivity index (χ1) is 10.8. The van der Waals surface area contributed by atoms with Crippen molar-refractivity contribution in [3.8, 4) is 0 Å². The Balaban J connectivity index is 4.27. The summed E-state index contributed by atoms with van der Waals surface area (Å²) in [6.07, 6.45) is 0.840. The summed E-state index contributed by atoms with van der Waals surface area (Å²) in [6.45, 7) is 3.39. The highest BCUT2D eigenvalue weighted by molar-refractivity contribution is 5.72. The average molecular weight is 334 g/mol. The van der Waals surface area contributed by atoms with Crippen LogP contribution >= 0.6 is 0 Å². The van der Waals surface area contributed by atoms with Gasteiger partial charge in [0.15, 0.2) is 0 Å². The molecule has 0 saturated heterocycles. The quantitative estimate of drug-likeness (QED) is 0.148. The molecule has 0 aromatic carbocycles. The summed E-state index contributed by atoms with van der Waals surface area (Å²) in [6, 6.07) is 0. The fourth-order valence-corrected chi connectivity index (χ4v) is 1.88. The van der Waals surface area contributed by atoms with Crippen molar-refractivity contribution in [3.63, 3.8) is 0 Å². The molecule has 0 bridgehead atoms. The van der Waals surface area contributed by atoms with Crippen molar-refractivity contribution in [3.05, 3.63) is 12.5 Å². The van der Waals surface area contributed by atoms with Crippen LogP contribution in [0.2, 0.25) is 0 Å². The maximum atomic E-state index is 10.7. The van der Waals surface area contributed by atoms with Gasteiger partial charge in [-0.3, -0.25) is 19.3 Å². The standard InChI is InChI=1S/C13H22N2O8/c1-10(23-22)15(7-4-11(16)17)6-3-2-5-14(8-12(18)19)9-13(20)21/h22H,1-9H2,(H,16,17)(H,18,19)(H,20,21). The van der Waals surface area contributed by atoms with Gasteiger partial charge in [-0.15, -0.1) is 0 Å². The molecule has 0 aromatic heterocycles. The molecule has 0 aliphatic rings. The molecule has 0 fully saturated rings. The maximum absolute atomic E-state index is 10.7. The molecule has 0 amide bonds. The molecule has 0 spiro atoms. The van der Waals surface area contributed by atoms with E-state index in [0.29, 0.717) is 19.4 Å². The topological polar surface area (TPSA) is 148 Å². The van der Waals surface area contributed by atoms with E-state index in [1.165, 1.54) is 9.80 Å². The second kappa shape index (κ2) is 11.3. The molecule has 0 aliphatic carbocycles. The van der Waals surface area contributed by atoms with E-state index in [9.17, 15) is 14.4 Å². The van der Waals surface area contributed by atoms with Crippen molar-refractivity contribution >= 4 is 17.9 Å². The average Bonchev–Trinajstić information content (AvgIpc) is 2.43. The van der Waals surface area contributed by atoms with Crippen molar-refractivity contribution in [2.24, 2.45) is 0 Å². The van der Waals surface area contributed by atoms with Crippen LogP contribution in [0, 0.1) is 0 Å². The molecule has 0 aromatic rings. The Labute approximate surface area is 133 Å². The minimum Gasteiger partial charge on any atom is -0.481 e. The Bertz CT molecular complexity index is 410. The Hall–Kier alpha value is -2.33. The third-order valence-electron chi connectivity index (χ3n) is 2.92. The van der Waals surface area contributed by atoms with Gasteiger partial charge in [-0.25, -0.2) is 5.26 Å². The van der Waals surface area contributed by atoms with E-state index in [2.05, 4.69) is 11.5 Å². The van der Waals surface area contributed by atoms with Crippen LogP contribution in [0.5, 0.6) is 0 Å². The fourth-order valence-electron chi connectivity index (χ4n) is 1.88. The molecule has 0 unspecified atom stereocenters. The van der Waals surface area contributed by atoms with Crippen LogP contribution in [0.15, 0.2) is 12.5 Å². The van der Waals surface area contributed by atoms with Gasteiger partial charge in [0.25, 0.3) is 0 Å². The van der Waals surface area contributed by atoms with Crippen molar-refractivity contribution in [2.45, 2.75) is 19.3 Å². The Morgan fingerprint density at radius 2 is 1.39 bits per heavy atom.